The van der Waals surface area contributed by atoms with Crippen molar-refractivity contribution in [3.05, 3.63) is 170 Å². The summed E-state index contributed by atoms with van der Waals surface area (Å²) in [5, 5.41) is 2.17. The average molecular weight is 647 g/mol. The Morgan fingerprint density at radius 2 is 1.00 bits per heavy atom. The van der Waals surface area contributed by atoms with Crippen molar-refractivity contribution in [3.63, 3.8) is 0 Å². The maximum atomic E-state index is 9.00. The Balaban J connectivity index is 1.20. The summed E-state index contributed by atoms with van der Waals surface area (Å²) in [6.07, 6.45) is 0. The lowest BCUT2D eigenvalue weighted by atomic mass is 9.98. The average Bonchev–Trinajstić information content (AvgIpc) is 3.80. The van der Waals surface area contributed by atoms with Gasteiger partial charge in [-0.25, -0.2) is 4.98 Å². The molecule has 0 aliphatic rings. The zero-order valence-corrected chi connectivity index (χ0v) is 26.4. The fourth-order valence-corrected chi connectivity index (χ4v) is 6.62. The number of benzene rings is 7. The summed E-state index contributed by atoms with van der Waals surface area (Å²) in [6.45, 7) is 0. The summed E-state index contributed by atoms with van der Waals surface area (Å²) in [6, 6.07) is 41.5. The third-order valence-corrected chi connectivity index (χ3v) is 9.03. The van der Waals surface area contributed by atoms with E-state index in [1.165, 1.54) is 16.7 Å². The molecule has 0 atom stereocenters. The molecule has 0 saturated carbocycles. The van der Waals surface area contributed by atoms with Gasteiger partial charge >= 0.3 is 0 Å². The molecule has 0 radical (unpaired) electrons. The van der Waals surface area contributed by atoms with Crippen LogP contribution < -0.4 is 0 Å². The van der Waals surface area contributed by atoms with Gasteiger partial charge in [0.05, 0.1) is 19.3 Å². The molecule has 3 aromatic heterocycles. The van der Waals surface area contributed by atoms with Gasteiger partial charge in [-0.05, 0) is 58.6 Å². The number of furan rings is 1. The van der Waals surface area contributed by atoms with E-state index < -0.39 is 0 Å². The molecule has 3 heterocycles. The fraction of sp³-hybridized carbons (Fsp3) is 0. The largest absolute Gasteiger partial charge is 0.456 e. The van der Waals surface area contributed by atoms with Crippen LogP contribution in [0.25, 0.3) is 94.7 Å². The maximum Gasteiger partial charge on any atom is 0.238 e. The molecule has 0 amide bonds. The van der Waals surface area contributed by atoms with Gasteiger partial charge in [-0.2, -0.15) is 9.97 Å². The Labute approximate surface area is 296 Å². The Kier molecular flexibility index (Phi) is 5.17. The minimum Gasteiger partial charge on any atom is -0.456 e. The van der Waals surface area contributed by atoms with Crippen molar-refractivity contribution in [2.24, 2.45) is 0 Å². The second-order valence-corrected chi connectivity index (χ2v) is 12.0. The normalized spacial score (nSPS) is 13.3. The molecule has 50 heavy (non-hydrogen) atoms. The lowest BCUT2D eigenvalue weighted by Crippen LogP contribution is -2.06. The molecule has 0 fully saturated rings. The van der Waals surface area contributed by atoms with Crippen LogP contribution in [0.3, 0.4) is 0 Å². The lowest BCUT2D eigenvalue weighted by molar-refractivity contribution is 0.669. The lowest BCUT2D eigenvalue weighted by Gasteiger charge is -2.11. The second-order valence-electron chi connectivity index (χ2n) is 12.0. The Morgan fingerprint density at radius 1 is 0.420 bits per heavy atom. The number of hydrogen-bond donors (Lipinski definition) is 0. The SMILES string of the molecule is [2H]c1cc([2H])c2c(c1[2H])c1c([2H])c([2H])cc([2H])c1n2-c1nc(-c2ccc(-c3cccc(-c4ccccc4)c3)cc2)nc(-c2ccc3c(c2)oc2ccccc23)n1. The molecular formula is C45H28N4O. The van der Waals surface area contributed by atoms with Crippen LogP contribution in [0.5, 0.6) is 0 Å². The molecule has 5 nitrogen and oxygen atoms in total. The Morgan fingerprint density at radius 3 is 1.74 bits per heavy atom. The summed E-state index contributed by atoms with van der Waals surface area (Å²) >= 11 is 0. The van der Waals surface area contributed by atoms with E-state index in [9.17, 15) is 0 Å². The van der Waals surface area contributed by atoms with E-state index in [1.807, 2.05) is 91.0 Å². The van der Waals surface area contributed by atoms with Crippen LogP contribution in [0, 0.1) is 0 Å². The van der Waals surface area contributed by atoms with Crippen molar-refractivity contribution in [2.45, 2.75) is 0 Å². The van der Waals surface area contributed by atoms with Crippen molar-refractivity contribution in [1.82, 2.24) is 19.5 Å². The van der Waals surface area contributed by atoms with E-state index >= 15 is 0 Å². The first-order valence-corrected chi connectivity index (χ1v) is 16.2. The highest BCUT2D eigenvalue weighted by molar-refractivity contribution is 6.09. The predicted octanol–water partition coefficient (Wildman–Crippen LogP) is 11.5. The van der Waals surface area contributed by atoms with Gasteiger partial charge in [0.15, 0.2) is 11.6 Å². The number of nitrogens with zero attached hydrogens (tertiary/aromatic N) is 4. The van der Waals surface area contributed by atoms with Gasteiger partial charge in [0, 0.05) is 32.7 Å². The highest BCUT2D eigenvalue weighted by Gasteiger charge is 2.18. The van der Waals surface area contributed by atoms with Crippen LogP contribution in [-0.2, 0) is 0 Å². The van der Waals surface area contributed by atoms with Crippen LogP contribution in [0.15, 0.2) is 174 Å². The molecular weight excluding hydrogens is 613 g/mol. The number of para-hydroxylation sites is 3. The zero-order chi connectivity index (χ0) is 38.2. The molecule has 0 aliphatic carbocycles. The molecule has 234 valence electrons. The van der Waals surface area contributed by atoms with Gasteiger partial charge in [-0.1, -0.05) is 133 Å². The maximum absolute atomic E-state index is 9.00. The summed E-state index contributed by atoms with van der Waals surface area (Å²) in [7, 11) is 0. The zero-order valence-electron chi connectivity index (χ0n) is 32.4. The number of fused-ring (bicyclic) bond motifs is 6. The molecule has 0 spiro atoms. The van der Waals surface area contributed by atoms with Gasteiger partial charge in [0.1, 0.15) is 11.2 Å². The van der Waals surface area contributed by atoms with Gasteiger partial charge in [-0.15, -0.1) is 0 Å². The van der Waals surface area contributed by atoms with Crippen LogP contribution >= 0.6 is 0 Å². The third-order valence-electron chi connectivity index (χ3n) is 9.03. The van der Waals surface area contributed by atoms with Crippen LogP contribution in [0.1, 0.15) is 8.22 Å². The van der Waals surface area contributed by atoms with Gasteiger partial charge in [-0.3, -0.25) is 4.57 Å². The van der Waals surface area contributed by atoms with Gasteiger partial charge in [0.2, 0.25) is 5.95 Å². The smallest absolute Gasteiger partial charge is 0.238 e. The molecule has 10 rings (SSSR count). The molecule has 0 bridgehead atoms. The van der Waals surface area contributed by atoms with E-state index in [0.29, 0.717) is 28.4 Å². The third kappa shape index (κ3) is 4.67. The number of rotatable bonds is 5. The quantitative estimate of drug-likeness (QED) is 0.187. The topological polar surface area (TPSA) is 56.7 Å². The molecule has 0 unspecified atom stereocenters. The van der Waals surface area contributed by atoms with Crippen molar-refractivity contribution < 1.29 is 12.6 Å². The fourth-order valence-electron chi connectivity index (χ4n) is 6.62. The minimum absolute atomic E-state index is 0.0607. The van der Waals surface area contributed by atoms with Gasteiger partial charge < -0.3 is 4.42 Å². The summed E-state index contributed by atoms with van der Waals surface area (Å²) in [4.78, 5) is 14.8. The van der Waals surface area contributed by atoms with Crippen molar-refractivity contribution in [2.75, 3.05) is 0 Å². The highest BCUT2D eigenvalue weighted by atomic mass is 16.3. The molecule has 0 N–H and O–H groups in total. The first kappa shape index (κ1) is 22.7. The predicted molar refractivity (Wildman–Crippen MR) is 203 cm³/mol. The number of hydrogen-bond acceptors (Lipinski definition) is 4. The van der Waals surface area contributed by atoms with E-state index in [-0.39, 0.29) is 64.0 Å². The van der Waals surface area contributed by atoms with Crippen LogP contribution in [0.2, 0.25) is 0 Å². The monoisotopic (exact) mass is 646 g/mol. The van der Waals surface area contributed by atoms with Crippen molar-refractivity contribution in [3.8, 4) is 51.0 Å². The first-order valence-electron chi connectivity index (χ1n) is 19.2. The molecule has 10 aromatic rings. The second kappa shape index (κ2) is 11.4. The van der Waals surface area contributed by atoms with Crippen LogP contribution in [0.4, 0.5) is 0 Å². The van der Waals surface area contributed by atoms with E-state index in [4.69, 9.17) is 27.6 Å². The standard InChI is InChI=1S/C45H28N4O/c1-2-11-29(12-3-1)32-13-10-14-33(27-32)30-21-23-31(24-22-30)43-46-44(34-25-26-38-37-17-6-9-20-41(37)50-42(38)28-34)48-45(47-43)49-39-18-7-4-15-35(39)36-16-5-8-19-40(36)49/h1-28H/i4D,5D,15D,16D,18D,19D. The number of aromatic nitrogens is 4. The molecule has 7 aromatic carbocycles. The van der Waals surface area contributed by atoms with Crippen molar-refractivity contribution >= 4 is 43.7 Å². The molecule has 0 aliphatic heterocycles. The van der Waals surface area contributed by atoms with Crippen molar-refractivity contribution in [1.29, 1.82) is 0 Å². The Hall–Kier alpha value is -6.85. The van der Waals surface area contributed by atoms with E-state index in [1.54, 1.807) is 0 Å². The summed E-state index contributed by atoms with van der Waals surface area (Å²) < 4.78 is 60.3. The van der Waals surface area contributed by atoms with E-state index in [2.05, 4.69) is 30.3 Å². The minimum atomic E-state index is -0.213. The van der Waals surface area contributed by atoms with Gasteiger partial charge in [0.25, 0.3) is 0 Å². The summed E-state index contributed by atoms with van der Waals surface area (Å²) in [5.74, 6) is 0.677. The summed E-state index contributed by atoms with van der Waals surface area (Å²) in [5.41, 5.74) is 7.33. The van der Waals surface area contributed by atoms with Crippen LogP contribution in [-0.4, -0.2) is 19.5 Å². The Bertz CT molecular complexity index is 3140. The van der Waals surface area contributed by atoms with E-state index in [0.717, 1.165) is 38.6 Å². The highest BCUT2D eigenvalue weighted by Crippen LogP contribution is 2.35. The molecule has 0 saturated heterocycles. The molecule has 5 heteroatoms. The first-order chi connectivity index (χ1) is 27.2.